The molecule has 1 heterocycles. The molecule has 20 heavy (non-hydrogen) atoms. The largest absolute Gasteiger partial charge is 0.494 e. The first kappa shape index (κ1) is 13.9. The zero-order chi connectivity index (χ0) is 14.4. The highest BCUT2D eigenvalue weighted by molar-refractivity contribution is 5.86. The fourth-order valence-electron chi connectivity index (χ4n) is 1.65. The van der Waals surface area contributed by atoms with Gasteiger partial charge < -0.3 is 15.2 Å². The highest BCUT2D eigenvalue weighted by Gasteiger charge is 2.05. The number of aromatic nitrogens is 1. The molecule has 0 atom stereocenters. The number of ether oxygens (including phenoxy) is 1. The molecule has 5 nitrogen and oxygen atoms in total. The van der Waals surface area contributed by atoms with E-state index in [1.54, 1.807) is 6.07 Å². The topological polar surface area (TPSA) is 71.5 Å². The van der Waals surface area contributed by atoms with Crippen LogP contribution in [0.3, 0.4) is 0 Å². The summed E-state index contributed by atoms with van der Waals surface area (Å²) < 4.78 is 5.50. The molecule has 5 heteroatoms. The number of pyridine rings is 1. The van der Waals surface area contributed by atoms with Crippen molar-refractivity contribution < 1.29 is 14.6 Å². The van der Waals surface area contributed by atoms with E-state index in [9.17, 15) is 4.79 Å². The second kappa shape index (κ2) is 6.56. The Hall–Kier alpha value is -2.56. The minimum Gasteiger partial charge on any atom is -0.494 e. The molecule has 0 amide bonds. The van der Waals surface area contributed by atoms with Crippen molar-refractivity contribution in [2.45, 2.75) is 13.3 Å². The van der Waals surface area contributed by atoms with Gasteiger partial charge in [-0.2, -0.15) is 0 Å². The van der Waals surface area contributed by atoms with E-state index >= 15 is 0 Å². The normalized spacial score (nSPS) is 10.1. The van der Waals surface area contributed by atoms with Crippen molar-refractivity contribution >= 4 is 17.3 Å². The SMILES string of the molecule is CCCOc1ccc(Nc2ccnc(C(=O)O)c2)cc1. The van der Waals surface area contributed by atoms with Crippen LogP contribution in [0.2, 0.25) is 0 Å². The molecule has 0 radical (unpaired) electrons. The molecule has 0 aliphatic rings. The summed E-state index contributed by atoms with van der Waals surface area (Å²) in [4.78, 5) is 14.6. The third kappa shape index (κ3) is 3.71. The molecule has 1 aromatic heterocycles. The molecule has 0 unspecified atom stereocenters. The molecule has 0 saturated carbocycles. The molecule has 2 aromatic rings. The number of rotatable bonds is 6. The summed E-state index contributed by atoms with van der Waals surface area (Å²) in [6.45, 7) is 2.75. The van der Waals surface area contributed by atoms with Gasteiger partial charge in [0.2, 0.25) is 0 Å². The number of hydrogen-bond donors (Lipinski definition) is 2. The van der Waals surface area contributed by atoms with Gasteiger partial charge >= 0.3 is 5.97 Å². The number of nitrogens with zero attached hydrogens (tertiary/aromatic N) is 1. The number of benzene rings is 1. The van der Waals surface area contributed by atoms with Crippen LogP contribution in [0, 0.1) is 0 Å². The fraction of sp³-hybridized carbons (Fsp3) is 0.200. The van der Waals surface area contributed by atoms with E-state index in [-0.39, 0.29) is 5.69 Å². The van der Waals surface area contributed by atoms with Gasteiger partial charge in [-0.15, -0.1) is 0 Å². The summed E-state index contributed by atoms with van der Waals surface area (Å²) in [7, 11) is 0. The number of hydrogen-bond acceptors (Lipinski definition) is 4. The Morgan fingerprint density at radius 2 is 2.00 bits per heavy atom. The summed E-state index contributed by atoms with van der Waals surface area (Å²) in [6, 6.07) is 10.7. The Morgan fingerprint density at radius 3 is 2.65 bits per heavy atom. The van der Waals surface area contributed by atoms with Crippen LogP contribution in [0.5, 0.6) is 5.75 Å². The van der Waals surface area contributed by atoms with Crippen LogP contribution in [-0.2, 0) is 0 Å². The number of anilines is 2. The van der Waals surface area contributed by atoms with Gasteiger partial charge in [-0.05, 0) is 42.8 Å². The van der Waals surface area contributed by atoms with Gasteiger partial charge in [0, 0.05) is 17.6 Å². The van der Waals surface area contributed by atoms with E-state index < -0.39 is 5.97 Å². The maximum atomic E-state index is 10.8. The van der Waals surface area contributed by atoms with Gasteiger partial charge in [-0.3, -0.25) is 0 Å². The lowest BCUT2D eigenvalue weighted by atomic mass is 10.2. The van der Waals surface area contributed by atoms with E-state index in [4.69, 9.17) is 9.84 Å². The Morgan fingerprint density at radius 1 is 1.25 bits per heavy atom. The number of nitrogens with one attached hydrogen (secondary N) is 1. The lowest BCUT2D eigenvalue weighted by Crippen LogP contribution is -2.01. The number of carbonyl (C=O) groups is 1. The lowest BCUT2D eigenvalue weighted by molar-refractivity contribution is 0.0690. The van der Waals surface area contributed by atoms with Crippen molar-refractivity contribution in [3.05, 3.63) is 48.3 Å². The molecule has 104 valence electrons. The Labute approximate surface area is 117 Å². The minimum atomic E-state index is -1.04. The molecule has 0 saturated heterocycles. The maximum Gasteiger partial charge on any atom is 0.354 e. The number of carboxylic acid groups (broad SMARTS) is 1. The van der Waals surface area contributed by atoms with Crippen LogP contribution in [0.1, 0.15) is 23.8 Å². The molecule has 0 bridgehead atoms. The monoisotopic (exact) mass is 272 g/mol. The summed E-state index contributed by atoms with van der Waals surface area (Å²) in [6.07, 6.45) is 2.43. The van der Waals surface area contributed by atoms with Crippen molar-refractivity contribution in [2.24, 2.45) is 0 Å². The third-order valence-electron chi connectivity index (χ3n) is 2.59. The van der Waals surface area contributed by atoms with Crippen molar-refractivity contribution in [3.63, 3.8) is 0 Å². The highest BCUT2D eigenvalue weighted by atomic mass is 16.5. The summed E-state index contributed by atoms with van der Waals surface area (Å²) >= 11 is 0. The predicted molar refractivity (Wildman–Crippen MR) is 76.7 cm³/mol. The first-order valence-electron chi connectivity index (χ1n) is 6.38. The molecule has 0 spiro atoms. The van der Waals surface area contributed by atoms with Crippen LogP contribution in [0.15, 0.2) is 42.6 Å². The number of aromatic carboxylic acids is 1. The van der Waals surface area contributed by atoms with E-state index in [0.29, 0.717) is 12.3 Å². The van der Waals surface area contributed by atoms with E-state index in [2.05, 4.69) is 17.2 Å². The second-order valence-electron chi connectivity index (χ2n) is 4.23. The van der Waals surface area contributed by atoms with Crippen LogP contribution >= 0.6 is 0 Å². The molecular weight excluding hydrogens is 256 g/mol. The van der Waals surface area contributed by atoms with Crippen molar-refractivity contribution in [2.75, 3.05) is 11.9 Å². The van der Waals surface area contributed by atoms with Crippen LogP contribution in [0.4, 0.5) is 11.4 Å². The average molecular weight is 272 g/mol. The van der Waals surface area contributed by atoms with Crippen LogP contribution < -0.4 is 10.1 Å². The number of carboxylic acids is 1. The Kier molecular flexibility index (Phi) is 4.55. The smallest absolute Gasteiger partial charge is 0.354 e. The summed E-state index contributed by atoms with van der Waals surface area (Å²) in [5, 5.41) is 12.0. The van der Waals surface area contributed by atoms with Gasteiger partial charge in [0.25, 0.3) is 0 Å². The highest BCUT2D eigenvalue weighted by Crippen LogP contribution is 2.20. The van der Waals surface area contributed by atoms with Crippen molar-refractivity contribution in [3.8, 4) is 5.75 Å². The first-order valence-corrected chi connectivity index (χ1v) is 6.38. The van der Waals surface area contributed by atoms with Gasteiger partial charge in [-0.1, -0.05) is 6.92 Å². The van der Waals surface area contributed by atoms with E-state index in [1.807, 2.05) is 24.3 Å². The Bertz CT molecular complexity index is 582. The third-order valence-corrected chi connectivity index (χ3v) is 2.59. The van der Waals surface area contributed by atoms with Gasteiger partial charge in [0.1, 0.15) is 11.4 Å². The molecular formula is C15H16N2O3. The summed E-state index contributed by atoms with van der Waals surface area (Å²) in [5.74, 6) is -0.227. The zero-order valence-electron chi connectivity index (χ0n) is 11.2. The predicted octanol–water partition coefficient (Wildman–Crippen LogP) is 3.31. The standard InChI is InChI=1S/C15H16N2O3/c1-2-9-20-13-5-3-11(4-6-13)17-12-7-8-16-14(10-12)15(18)19/h3-8,10H,2,9H2,1H3,(H,16,17)(H,18,19). The minimum absolute atomic E-state index is 0.0119. The fourth-order valence-corrected chi connectivity index (χ4v) is 1.65. The van der Waals surface area contributed by atoms with Crippen LogP contribution in [-0.4, -0.2) is 22.7 Å². The quantitative estimate of drug-likeness (QED) is 0.844. The molecule has 1 aromatic carbocycles. The molecule has 0 aliphatic carbocycles. The second-order valence-corrected chi connectivity index (χ2v) is 4.23. The van der Waals surface area contributed by atoms with Crippen LogP contribution in [0.25, 0.3) is 0 Å². The van der Waals surface area contributed by atoms with Crippen molar-refractivity contribution in [1.82, 2.24) is 4.98 Å². The maximum absolute atomic E-state index is 10.8. The molecule has 0 aliphatic heterocycles. The van der Waals surface area contributed by atoms with Gasteiger partial charge in [-0.25, -0.2) is 9.78 Å². The molecule has 0 fully saturated rings. The molecule has 2 rings (SSSR count). The average Bonchev–Trinajstić information content (AvgIpc) is 2.47. The summed E-state index contributed by atoms with van der Waals surface area (Å²) in [5.41, 5.74) is 1.55. The van der Waals surface area contributed by atoms with Crippen molar-refractivity contribution in [1.29, 1.82) is 0 Å². The Balaban J connectivity index is 2.06. The van der Waals surface area contributed by atoms with Gasteiger partial charge in [0.05, 0.1) is 6.61 Å². The van der Waals surface area contributed by atoms with E-state index in [1.165, 1.54) is 12.3 Å². The first-order chi connectivity index (χ1) is 9.69. The molecule has 2 N–H and O–H groups in total. The van der Waals surface area contributed by atoms with E-state index in [0.717, 1.165) is 17.9 Å². The zero-order valence-corrected chi connectivity index (χ0v) is 11.2. The lowest BCUT2D eigenvalue weighted by Gasteiger charge is -2.08. The van der Waals surface area contributed by atoms with Gasteiger partial charge in [0.15, 0.2) is 0 Å².